The molecule has 1 aromatic carbocycles. The third-order valence-corrected chi connectivity index (χ3v) is 7.36. The molecule has 4 unspecified atom stereocenters. The Bertz CT molecular complexity index is 1150. The van der Waals surface area contributed by atoms with Crippen molar-refractivity contribution in [3.63, 3.8) is 0 Å². The second kappa shape index (κ2) is 8.98. The highest BCUT2D eigenvalue weighted by Gasteiger charge is 2.52. The fourth-order valence-electron chi connectivity index (χ4n) is 5.32. The summed E-state index contributed by atoms with van der Waals surface area (Å²) in [7, 11) is 0. The predicted octanol–water partition coefficient (Wildman–Crippen LogP) is 2.29. The Morgan fingerprint density at radius 3 is 2.82 bits per heavy atom. The van der Waals surface area contributed by atoms with Crippen molar-refractivity contribution in [2.24, 2.45) is 17.6 Å². The van der Waals surface area contributed by atoms with Crippen LogP contribution in [0.25, 0.3) is 11.3 Å². The zero-order valence-corrected chi connectivity index (χ0v) is 19.4. The first-order valence-electron chi connectivity index (χ1n) is 11.6. The highest BCUT2D eigenvalue weighted by atomic mass is 35.5. The normalized spacial score (nSPS) is 27.2. The van der Waals surface area contributed by atoms with Crippen molar-refractivity contribution >= 4 is 23.4 Å². The Balaban J connectivity index is 1.37. The number of rotatable bonds is 5. The maximum atomic E-state index is 13.9. The molecule has 2 aliphatic carbocycles. The van der Waals surface area contributed by atoms with Crippen LogP contribution in [-0.2, 0) is 15.2 Å². The molecule has 2 aromatic rings. The number of hydrogen-bond acceptors (Lipinski definition) is 5. The first-order valence-corrected chi connectivity index (χ1v) is 11.9. The summed E-state index contributed by atoms with van der Waals surface area (Å²) in [5.74, 6) is -0.653. The van der Waals surface area contributed by atoms with Gasteiger partial charge in [-0.1, -0.05) is 54.1 Å². The average molecular weight is 479 g/mol. The topological polar surface area (TPSA) is 109 Å². The van der Waals surface area contributed by atoms with Crippen LogP contribution in [0.4, 0.5) is 0 Å². The fourth-order valence-corrected chi connectivity index (χ4v) is 5.56. The van der Waals surface area contributed by atoms with E-state index in [4.69, 9.17) is 17.3 Å². The largest absolute Gasteiger partial charge is 0.372 e. The molecule has 8 heteroatoms. The van der Waals surface area contributed by atoms with Gasteiger partial charge in [-0.15, -0.1) is 0 Å². The average Bonchev–Trinajstić information content (AvgIpc) is 3.45. The van der Waals surface area contributed by atoms with E-state index in [0.29, 0.717) is 54.3 Å². The van der Waals surface area contributed by atoms with E-state index in [1.807, 2.05) is 30.4 Å². The van der Waals surface area contributed by atoms with E-state index in [1.165, 1.54) is 4.90 Å². The van der Waals surface area contributed by atoms with E-state index < -0.39 is 17.6 Å². The number of likely N-dealkylation sites (tertiary alicyclic amines) is 1. The first-order chi connectivity index (χ1) is 16.4. The van der Waals surface area contributed by atoms with Gasteiger partial charge in [0.05, 0.1) is 5.69 Å². The standard InChI is InChI=1S/C26H27ClN4O3/c27-18-10-9-16(14-28)17(13-18)15-30-24(32)22-8-4-12-31(22)25(33)26(34)20-6-2-1-5-19(20)23-21(26)7-3-11-29-23/h1-3,5-7,9-11,13,16-17,22,34H,4,8,12,14-15,28H2,(H,30,32). The molecule has 1 aromatic heterocycles. The molecule has 0 spiro atoms. The Kier molecular flexibility index (Phi) is 6.02. The van der Waals surface area contributed by atoms with Crippen LogP contribution >= 0.6 is 11.6 Å². The number of pyridine rings is 1. The molecule has 34 heavy (non-hydrogen) atoms. The SMILES string of the molecule is NCC1C=CC(Cl)=CC1CNC(=O)C1CCCN1C(=O)C1(O)c2ccccc2-c2ncccc21. The minimum absolute atomic E-state index is 0.0131. The van der Waals surface area contributed by atoms with Gasteiger partial charge in [0.2, 0.25) is 5.91 Å². The number of fused-ring (bicyclic) bond motifs is 3. The lowest BCUT2D eigenvalue weighted by Crippen LogP contribution is -2.53. The van der Waals surface area contributed by atoms with Crippen molar-refractivity contribution in [3.8, 4) is 11.3 Å². The van der Waals surface area contributed by atoms with Crippen molar-refractivity contribution in [2.75, 3.05) is 19.6 Å². The Morgan fingerprint density at radius 1 is 1.21 bits per heavy atom. The number of aliphatic hydroxyl groups is 1. The Hall–Kier alpha value is -3.00. The summed E-state index contributed by atoms with van der Waals surface area (Å²) in [6, 6.07) is 10.0. The molecule has 1 saturated heterocycles. The predicted molar refractivity (Wildman–Crippen MR) is 130 cm³/mol. The molecule has 1 fully saturated rings. The van der Waals surface area contributed by atoms with Crippen molar-refractivity contribution in [3.05, 3.63) is 77.0 Å². The van der Waals surface area contributed by atoms with Gasteiger partial charge in [0.1, 0.15) is 6.04 Å². The summed E-state index contributed by atoms with van der Waals surface area (Å²) < 4.78 is 0. The maximum Gasteiger partial charge on any atom is 0.264 e. The lowest BCUT2D eigenvalue weighted by atomic mass is 9.88. The molecule has 7 nitrogen and oxygen atoms in total. The van der Waals surface area contributed by atoms with E-state index in [9.17, 15) is 14.7 Å². The van der Waals surface area contributed by atoms with Gasteiger partial charge >= 0.3 is 0 Å². The minimum Gasteiger partial charge on any atom is -0.372 e. The van der Waals surface area contributed by atoms with E-state index >= 15 is 0 Å². The van der Waals surface area contributed by atoms with Crippen molar-refractivity contribution < 1.29 is 14.7 Å². The van der Waals surface area contributed by atoms with E-state index in [0.717, 1.165) is 5.56 Å². The van der Waals surface area contributed by atoms with Gasteiger partial charge in [0.25, 0.3) is 5.91 Å². The Labute approximate surface area is 203 Å². The van der Waals surface area contributed by atoms with E-state index in [1.54, 1.807) is 30.5 Å². The van der Waals surface area contributed by atoms with Gasteiger partial charge in [-0.3, -0.25) is 14.6 Å². The molecule has 2 heterocycles. The Morgan fingerprint density at radius 2 is 2.00 bits per heavy atom. The monoisotopic (exact) mass is 478 g/mol. The van der Waals surface area contributed by atoms with Crippen molar-refractivity contribution in [1.82, 2.24) is 15.2 Å². The summed E-state index contributed by atoms with van der Waals surface area (Å²) in [6.45, 7) is 1.23. The summed E-state index contributed by atoms with van der Waals surface area (Å²) in [5.41, 5.74) is 6.27. The number of hydrogen-bond donors (Lipinski definition) is 3. The molecule has 0 bridgehead atoms. The lowest BCUT2D eigenvalue weighted by molar-refractivity contribution is -0.151. The number of amides is 2. The van der Waals surface area contributed by atoms with Gasteiger partial charge in [-0.05, 0) is 37.4 Å². The van der Waals surface area contributed by atoms with Gasteiger partial charge in [0.15, 0.2) is 5.60 Å². The molecular formula is C26H27ClN4O3. The van der Waals surface area contributed by atoms with Crippen LogP contribution in [0.1, 0.15) is 24.0 Å². The zero-order valence-electron chi connectivity index (χ0n) is 18.7. The van der Waals surface area contributed by atoms with Gasteiger partial charge < -0.3 is 21.1 Å². The fraction of sp³-hybridized carbons (Fsp3) is 0.346. The maximum absolute atomic E-state index is 13.9. The van der Waals surface area contributed by atoms with Crippen LogP contribution in [0.2, 0.25) is 0 Å². The van der Waals surface area contributed by atoms with E-state index in [-0.39, 0.29) is 17.7 Å². The number of nitrogens with zero attached hydrogens (tertiary/aromatic N) is 2. The third-order valence-electron chi connectivity index (χ3n) is 7.11. The summed E-state index contributed by atoms with van der Waals surface area (Å²) >= 11 is 6.15. The third kappa shape index (κ3) is 3.64. The number of halogens is 1. The molecule has 1 aliphatic heterocycles. The molecule has 176 valence electrons. The van der Waals surface area contributed by atoms with E-state index in [2.05, 4.69) is 10.3 Å². The van der Waals surface area contributed by atoms with Crippen LogP contribution in [0, 0.1) is 11.8 Å². The number of carbonyl (C=O) groups excluding carboxylic acids is 2. The quantitative estimate of drug-likeness (QED) is 0.611. The second-order valence-electron chi connectivity index (χ2n) is 9.03. The number of nitrogens with one attached hydrogen (secondary N) is 1. The smallest absolute Gasteiger partial charge is 0.264 e. The number of allylic oxidation sites excluding steroid dienone is 2. The highest BCUT2D eigenvalue weighted by molar-refractivity contribution is 6.31. The molecule has 4 N–H and O–H groups in total. The van der Waals surface area contributed by atoms with Crippen LogP contribution in [0.5, 0.6) is 0 Å². The summed E-state index contributed by atoms with van der Waals surface area (Å²) in [4.78, 5) is 33.0. The number of aromatic nitrogens is 1. The molecule has 2 amide bonds. The molecule has 0 radical (unpaired) electrons. The molecule has 5 rings (SSSR count). The molecule has 0 saturated carbocycles. The number of nitrogens with two attached hydrogens (primary N) is 1. The van der Waals surface area contributed by atoms with Crippen molar-refractivity contribution in [1.29, 1.82) is 0 Å². The summed E-state index contributed by atoms with van der Waals surface area (Å²) in [6.07, 6.45) is 8.55. The summed E-state index contributed by atoms with van der Waals surface area (Å²) in [5, 5.41) is 15.5. The van der Waals surface area contributed by atoms with Gasteiger partial charge in [-0.25, -0.2) is 0 Å². The second-order valence-corrected chi connectivity index (χ2v) is 9.47. The van der Waals surface area contributed by atoms with Gasteiger partial charge in [-0.2, -0.15) is 0 Å². The highest BCUT2D eigenvalue weighted by Crippen LogP contribution is 2.47. The number of benzene rings is 1. The van der Waals surface area contributed by atoms with Crippen LogP contribution < -0.4 is 11.1 Å². The molecule has 4 atom stereocenters. The lowest BCUT2D eigenvalue weighted by Gasteiger charge is -2.33. The number of carbonyl (C=O) groups is 2. The molecule has 3 aliphatic rings. The zero-order chi connectivity index (χ0) is 23.9. The van der Waals surface area contributed by atoms with Crippen LogP contribution in [0.3, 0.4) is 0 Å². The van der Waals surface area contributed by atoms with Crippen LogP contribution in [-0.4, -0.2) is 52.5 Å². The van der Waals surface area contributed by atoms with Gasteiger partial charge in [0, 0.05) is 46.9 Å². The first kappa shape index (κ1) is 22.8. The van der Waals surface area contributed by atoms with Crippen molar-refractivity contribution in [2.45, 2.75) is 24.5 Å². The molecular weight excluding hydrogens is 452 g/mol. The minimum atomic E-state index is -1.88. The van der Waals surface area contributed by atoms with Crippen LogP contribution in [0.15, 0.2) is 65.9 Å².